The van der Waals surface area contributed by atoms with E-state index in [0.29, 0.717) is 6.42 Å². The number of Topliss-reactive ketones (excluding diaryl/α,β-unsaturated/α-hetero) is 1. The molecule has 0 aromatic carbocycles. The molecule has 4 heteroatoms. The number of allylic oxidation sites excluding steroid dienone is 2. The fraction of sp³-hybridized carbons (Fsp3) is 0.538. The first-order valence-corrected chi connectivity index (χ1v) is 6.74. The van der Waals surface area contributed by atoms with Crippen LogP contribution in [-0.4, -0.2) is 15.6 Å². The first-order valence-electron chi connectivity index (χ1n) is 5.95. The lowest BCUT2D eigenvalue weighted by atomic mass is 10.0. The Morgan fingerprint density at radius 1 is 1.47 bits per heavy atom. The minimum Gasteiger partial charge on any atom is -0.294 e. The number of rotatable bonds is 5. The van der Waals surface area contributed by atoms with Crippen molar-refractivity contribution in [2.24, 2.45) is 0 Å². The summed E-state index contributed by atoms with van der Waals surface area (Å²) in [7, 11) is 0. The summed E-state index contributed by atoms with van der Waals surface area (Å²) in [4.78, 5) is 12.1. The fourth-order valence-electron chi connectivity index (χ4n) is 1.87. The van der Waals surface area contributed by atoms with E-state index in [1.165, 1.54) is 0 Å². The molecule has 0 bridgehead atoms. The van der Waals surface area contributed by atoms with Crippen LogP contribution in [0.1, 0.15) is 38.6 Å². The van der Waals surface area contributed by atoms with Gasteiger partial charge in [0.25, 0.3) is 0 Å². The third-order valence-electron chi connectivity index (χ3n) is 2.87. The molecule has 0 aliphatic carbocycles. The van der Waals surface area contributed by atoms with Crippen molar-refractivity contribution in [1.82, 2.24) is 9.78 Å². The lowest BCUT2D eigenvalue weighted by Gasteiger charge is -2.06. The Hall–Kier alpha value is -0.900. The molecule has 0 radical (unpaired) electrons. The highest BCUT2D eigenvalue weighted by Gasteiger charge is 2.16. The molecule has 0 aliphatic heterocycles. The second-order valence-electron chi connectivity index (χ2n) is 3.93. The monoisotopic (exact) mass is 298 g/mol. The van der Waals surface area contributed by atoms with Crippen LogP contribution in [0.3, 0.4) is 0 Å². The van der Waals surface area contributed by atoms with Crippen molar-refractivity contribution >= 4 is 21.7 Å². The molecule has 1 rings (SSSR count). The van der Waals surface area contributed by atoms with Gasteiger partial charge in [0.15, 0.2) is 5.78 Å². The SMILES string of the molecule is CC=C(CC)C(=O)Cc1c(Br)c(C)nn1CC. The van der Waals surface area contributed by atoms with E-state index in [1.54, 1.807) is 0 Å². The maximum atomic E-state index is 12.1. The minimum absolute atomic E-state index is 0.185. The third kappa shape index (κ3) is 3.06. The number of hydrogen-bond acceptors (Lipinski definition) is 2. The maximum Gasteiger partial charge on any atom is 0.164 e. The lowest BCUT2D eigenvalue weighted by Crippen LogP contribution is -2.11. The van der Waals surface area contributed by atoms with Crippen molar-refractivity contribution in [2.45, 2.75) is 47.1 Å². The van der Waals surface area contributed by atoms with Crippen molar-refractivity contribution in [3.05, 3.63) is 27.5 Å². The Balaban J connectivity index is 2.99. The summed E-state index contributed by atoms with van der Waals surface area (Å²) in [6, 6.07) is 0. The number of nitrogens with zero attached hydrogens (tertiary/aromatic N) is 2. The van der Waals surface area contributed by atoms with Crippen LogP contribution in [0.15, 0.2) is 16.1 Å². The predicted octanol–water partition coefficient (Wildman–Crippen LogP) is 3.44. The Bertz CT molecular complexity index is 447. The summed E-state index contributed by atoms with van der Waals surface area (Å²) in [6.07, 6.45) is 3.10. The topological polar surface area (TPSA) is 34.9 Å². The van der Waals surface area contributed by atoms with Gasteiger partial charge in [0.1, 0.15) is 0 Å². The highest BCUT2D eigenvalue weighted by Crippen LogP contribution is 2.22. The first-order chi connectivity index (χ1) is 8.04. The summed E-state index contributed by atoms with van der Waals surface area (Å²) in [5, 5.41) is 4.39. The van der Waals surface area contributed by atoms with Crippen LogP contribution >= 0.6 is 15.9 Å². The average Bonchev–Trinajstić information content (AvgIpc) is 2.58. The van der Waals surface area contributed by atoms with Crippen LogP contribution in [0, 0.1) is 6.92 Å². The van der Waals surface area contributed by atoms with Gasteiger partial charge < -0.3 is 0 Å². The zero-order chi connectivity index (χ0) is 13.0. The number of aromatic nitrogens is 2. The lowest BCUT2D eigenvalue weighted by molar-refractivity contribution is -0.115. The van der Waals surface area contributed by atoms with E-state index in [-0.39, 0.29) is 5.78 Å². The van der Waals surface area contributed by atoms with E-state index in [9.17, 15) is 4.79 Å². The molecule has 0 amide bonds. The molecule has 3 nitrogen and oxygen atoms in total. The van der Waals surface area contributed by atoms with Gasteiger partial charge in [-0.25, -0.2) is 0 Å². The Kier molecular flexibility index (Phi) is 5.12. The number of carbonyl (C=O) groups excluding carboxylic acids is 1. The smallest absolute Gasteiger partial charge is 0.164 e. The molecule has 0 aliphatic rings. The average molecular weight is 299 g/mol. The van der Waals surface area contributed by atoms with Crippen LogP contribution in [-0.2, 0) is 17.8 Å². The molecular formula is C13H19BrN2O. The van der Waals surface area contributed by atoms with E-state index in [4.69, 9.17) is 0 Å². The van der Waals surface area contributed by atoms with Crippen LogP contribution in [0.4, 0.5) is 0 Å². The van der Waals surface area contributed by atoms with Crippen LogP contribution in [0.2, 0.25) is 0 Å². The predicted molar refractivity (Wildman–Crippen MR) is 73.1 cm³/mol. The largest absolute Gasteiger partial charge is 0.294 e. The molecule has 0 atom stereocenters. The van der Waals surface area contributed by atoms with Crippen LogP contribution in [0.25, 0.3) is 0 Å². The number of hydrogen-bond donors (Lipinski definition) is 0. The molecule has 0 saturated heterocycles. The molecule has 0 spiro atoms. The van der Waals surface area contributed by atoms with Crippen molar-refractivity contribution in [1.29, 1.82) is 0 Å². The van der Waals surface area contributed by atoms with Crippen LogP contribution < -0.4 is 0 Å². The Morgan fingerprint density at radius 2 is 2.12 bits per heavy atom. The second kappa shape index (κ2) is 6.15. The summed E-state index contributed by atoms with van der Waals surface area (Å²) < 4.78 is 2.85. The maximum absolute atomic E-state index is 12.1. The van der Waals surface area contributed by atoms with Crippen LogP contribution in [0.5, 0.6) is 0 Å². The van der Waals surface area contributed by atoms with Crippen molar-refractivity contribution in [3.8, 4) is 0 Å². The van der Waals surface area contributed by atoms with E-state index >= 15 is 0 Å². The first kappa shape index (κ1) is 14.2. The van der Waals surface area contributed by atoms with E-state index < -0.39 is 0 Å². The molecule has 17 heavy (non-hydrogen) atoms. The van der Waals surface area contributed by atoms with Gasteiger partial charge in [0.2, 0.25) is 0 Å². The van der Waals surface area contributed by atoms with Crippen molar-refractivity contribution < 1.29 is 4.79 Å². The summed E-state index contributed by atoms with van der Waals surface area (Å²) in [6.45, 7) is 8.68. The molecular weight excluding hydrogens is 280 g/mol. The standard InChI is InChI=1S/C13H19BrN2O/c1-5-10(6-2)12(17)8-11-13(14)9(4)15-16(11)7-3/h5H,6-8H2,1-4H3. The van der Waals surface area contributed by atoms with Gasteiger partial charge in [-0.05, 0) is 48.7 Å². The van der Waals surface area contributed by atoms with Gasteiger partial charge in [0, 0.05) is 6.54 Å². The molecule has 1 aromatic heterocycles. The molecule has 0 fully saturated rings. The van der Waals surface area contributed by atoms with Gasteiger partial charge in [-0.15, -0.1) is 0 Å². The van der Waals surface area contributed by atoms with Crippen molar-refractivity contribution in [3.63, 3.8) is 0 Å². The molecule has 0 unspecified atom stereocenters. The fourth-order valence-corrected chi connectivity index (χ4v) is 2.29. The number of ketones is 1. The van der Waals surface area contributed by atoms with Gasteiger partial charge >= 0.3 is 0 Å². The minimum atomic E-state index is 0.185. The molecule has 0 N–H and O–H groups in total. The Labute approximate surface area is 111 Å². The zero-order valence-electron chi connectivity index (χ0n) is 10.9. The molecule has 1 heterocycles. The van der Waals surface area contributed by atoms with Gasteiger partial charge in [-0.1, -0.05) is 13.0 Å². The zero-order valence-corrected chi connectivity index (χ0v) is 12.5. The second-order valence-corrected chi connectivity index (χ2v) is 4.72. The molecule has 0 saturated carbocycles. The molecule has 1 aromatic rings. The highest BCUT2D eigenvalue weighted by molar-refractivity contribution is 9.10. The van der Waals surface area contributed by atoms with Gasteiger partial charge in [0.05, 0.1) is 22.3 Å². The van der Waals surface area contributed by atoms with Crippen molar-refractivity contribution in [2.75, 3.05) is 0 Å². The number of aryl methyl sites for hydroxylation is 2. The summed E-state index contributed by atoms with van der Waals surface area (Å²) in [5.74, 6) is 0.185. The molecule has 94 valence electrons. The van der Waals surface area contributed by atoms with E-state index in [1.807, 2.05) is 38.5 Å². The van der Waals surface area contributed by atoms with Gasteiger partial charge in [-0.3, -0.25) is 9.48 Å². The van der Waals surface area contributed by atoms with E-state index in [2.05, 4.69) is 21.0 Å². The quantitative estimate of drug-likeness (QED) is 0.781. The third-order valence-corrected chi connectivity index (χ3v) is 3.90. The normalized spacial score (nSPS) is 11.9. The highest BCUT2D eigenvalue weighted by atomic mass is 79.9. The summed E-state index contributed by atoms with van der Waals surface area (Å²) >= 11 is 3.51. The van der Waals surface area contributed by atoms with E-state index in [0.717, 1.165) is 34.4 Å². The number of halogens is 1. The summed E-state index contributed by atoms with van der Waals surface area (Å²) in [5.41, 5.74) is 2.80. The Morgan fingerprint density at radius 3 is 2.59 bits per heavy atom. The number of carbonyl (C=O) groups is 1. The van der Waals surface area contributed by atoms with Gasteiger partial charge in [-0.2, -0.15) is 5.10 Å².